The van der Waals surface area contributed by atoms with Crippen molar-refractivity contribution in [1.82, 2.24) is 4.90 Å². The van der Waals surface area contributed by atoms with Crippen LogP contribution in [0.5, 0.6) is 0 Å². The first-order chi connectivity index (χ1) is 28.7. The Bertz CT molecular complexity index is 1340. The average molecular weight is 842 g/mol. The van der Waals surface area contributed by atoms with Crippen molar-refractivity contribution in [1.29, 1.82) is 0 Å². The van der Waals surface area contributed by atoms with E-state index >= 15 is 0 Å². The predicted octanol–water partition coefficient (Wildman–Crippen LogP) is 13.0. The third kappa shape index (κ3) is 44.1. The van der Waals surface area contributed by atoms with Gasteiger partial charge in [0.05, 0.1) is 13.2 Å². The third-order valence-electron chi connectivity index (χ3n) is 8.56. The van der Waals surface area contributed by atoms with Gasteiger partial charge in [0.1, 0.15) is 6.61 Å². The Labute approximate surface area is 359 Å². The summed E-state index contributed by atoms with van der Waals surface area (Å²) in [6, 6.07) is 0. The van der Waals surface area contributed by atoms with Crippen LogP contribution in [0.4, 0.5) is 0 Å². The topological polar surface area (TPSA) is 112 Å². The quantitative estimate of drug-likeness (QED) is 0.0280. The molecule has 0 amide bonds. The first-order valence-electron chi connectivity index (χ1n) is 22.2. The van der Waals surface area contributed by atoms with Gasteiger partial charge in [-0.2, -0.15) is 0 Å². The number of unbranched alkanes of at least 4 members (excludes halogenated alkanes) is 7. The number of allylic oxidation sites excluding steroid dienone is 18. The highest BCUT2D eigenvalue weighted by Gasteiger charge is 2.26. The molecule has 59 heavy (non-hydrogen) atoms. The summed E-state index contributed by atoms with van der Waals surface area (Å²) in [6.07, 6.45) is 55.7. The lowest BCUT2D eigenvalue weighted by Crippen LogP contribution is -2.29. The van der Waals surface area contributed by atoms with Crippen molar-refractivity contribution in [2.75, 3.05) is 40.5 Å². The van der Waals surface area contributed by atoms with E-state index in [9.17, 15) is 19.0 Å². The van der Waals surface area contributed by atoms with E-state index in [2.05, 4.69) is 117 Å². The molecule has 0 aromatic rings. The summed E-state index contributed by atoms with van der Waals surface area (Å²) in [5.74, 6) is -0.920. The van der Waals surface area contributed by atoms with Crippen LogP contribution in [0.15, 0.2) is 109 Å². The zero-order valence-electron chi connectivity index (χ0n) is 37.1. The first kappa shape index (κ1) is 55.7. The molecule has 9 nitrogen and oxygen atoms in total. The minimum Gasteiger partial charge on any atom is -0.462 e. The average Bonchev–Trinajstić information content (AvgIpc) is 3.20. The lowest BCUT2D eigenvalue weighted by Gasteiger charge is -2.20. The maximum atomic E-state index is 12.6. The largest absolute Gasteiger partial charge is 0.472 e. The van der Waals surface area contributed by atoms with Gasteiger partial charge in [0.25, 0.3) is 0 Å². The second-order valence-corrected chi connectivity index (χ2v) is 15.9. The summed E-state index contributed by atoms with van der Waals surface area (Å²) in [6.45, 7) is 4.04. The van der Waals surface area contributed by atoms with Crippen LogP contribution >= 0.6 is 7.82 Å². The van der Waals surface area contributed by atoms with Gasteiger partial charge in [-0.1, -0.05) is 142 Å². The van der Waals surface area contributed by atoms with Crippen LogP contribution in [-0.2, 0) is 32.7 Å². The van der Waals surface area contributed by atoms with Gasteiger partial charge in [0.2, 0.25) is 0 Å². The predicted molar refractivity (Wildman–Crippen MR) is 247 cm³/mol. The molecule has 0 spiro atoms. The highest BCUT2D eigenvalue weighted by Crippen LogP contribution is 2.43. The van der Waals surface area contributed by atoms with Gasteiger partial charge >= 0.3 is 19.8 Å². The summed E-state index contributed by atoms with van der Waals surface area (Å²) < 4.78 is 33.4. The number of ether oxygens (including phenoxy) is 2. The van der Waals surface area contributed by atoms with Crippen LogP contribution in [-0.4, -0.2) is 68.3 Å². The number of hydrogen-bond donors (Lipinski definition) is 1. The molecule has 0 fully saturated rings. The number of hydrogen-bond acceptors (Lipinski definition) is 8. The van der Waals surface area contributed by atoms with E-state index in [-0.39, 0.29) is 26.1 Å². The van der Waals surface area contributed by atoms with Gasteiger partial charge in [-0.3, -0.25) is 18.6 Å². The Morgan fingerprint density at radius 2 is 0.983 bits per heavy atom. The summed E-state index contributed by atoms with van der Waals surface area (Å²) >= 11 is 0. The molecule has 0 saturated carbocycles. The Morgan fingerprint density at radius 3 is 1.46 bits per heavy atom. The molecule has 0 bridgehead atoms. The van der Waals surface area contributed by atoms with E-state index < -0.39 is 32.5 Å². The fourth-order valence-electron chi connectivity index (χ4n) is 5.17. The van der Waals surface area contributed by atoms with Crippen molar-refractivity contribution in [2.45, 2.75) is 148 Å². The van der Waals surface area contributed by atoms with Crippen molar-refractivity contribution < 1.29 is 37.6 Å². The monoisotopic (exact) mass is 842 g/mol. The molecule has 0 aromatic heterocycles. The highest BCUT2D eigenvalue weighted by atomic mass is 31.2. The molecule has 0 saturated heterocycles. The Hall–Kier alpha value is -3.33. The van der Waals surface area contributed by atoms with E-state index in [1.54, 1.807) is 4.90 Å². The smallest absolute Gasteiger partial charge is 0.462 e. The van der Waals surface area contributed by atoms with Gasteiger partial charge in [0.15, 0.2) is 6.10 Å². The molecule has 0 radical (unpaired) electrons. The Balaban J connectivity index is 4.47. The molecule has 0 aromatic carbocycles. The molecule has 10 heteroatoms. The standard InChI is InChI=1S/C49H80NO8P/c1-5-7-9-11-13-15-17-19-21-23-24-26-27-29-31-33-35-37-39-41-48(51)55-45-47(46-57-59(53,54)56-44-43-50(3)4)58-49(52)42-40-38-36-34-32-30-28-25-22-20-18-16-14-12-10-8-6-2/h8,10,13-16,19-22,24,26,28-31,34,36,47H,5-7,9,11-12,17-18,23,25,27,32-33,35,37-46H2,1-4H3,(H,53,54)/b10-8-,15-13-,16-14-,21-19-,22-20-,26-24-,30-28-,31-29-,36-34-. The molecule has 0 heterocycles. The number of likely N-dealkylation sites (N-methyl/N-ethyl adjacent to an activating group) is 1. The summed E-state index contributed by atoms with van der Waals surface area (Å²) in [5, 5.41) is 0. The number of rotatable bonds is 39. The Morgan fingerprint density at radius 1 is 0.542 bits per heavy atom. The van der Waals surface area contributed by atoms with Crippen molar-refractivity contribution >= 4 is 19.8 Å². The van der Waals surface area contributed by atoms with Crippen molar-refractivity contribution in [3.05, 3.63) is 109 Å². The van der Waals surface area contributed by atoms with Crippen LogP contribution in [0.3, 0.4) is 0 Å². The van der Waals surface area contributed by atoms with E-state index in [1.165, 1.54) is 25.7 Å². The van der Waals surface area contributed by atoms with E-state index in [4.69, 9.17) is 18.5 Å². The second-order valence-electron chi connectivity index (χ2n) is 14.5. The molecule has 2 atom stereocenters. The molecule has 1 N–H and O–H groups in total. The molecule has 2 unspecified atom stereocenters. The molecular formula is C49H80NO8P. The van der Waals surface area contributed by atoms with Gasteiger partial charge in [-0.15, -0.1) is 0 Å². The minimum atomic E-state index is -4.39. The van der Waals surface area contributed by atoms with Crippen LogP contribution in [0.25, 0.3) is 0 Å². The molecule has 0 aliphatic rings. The highest BCUT2D eigenvalue weighted by molar-refractivity contribution is 7.47. The van der Waals surface area contributed by atoms with Gasteiger partial charge in [-0.25, -0.2) is 4.57 Å². The molecule has 334 valence electrons. The number of carbonyl (C=O) groups excluding carboxylic acids is 2. The third-order valence-corrected chi connectivity index (χ3v) is 9.55. The number of phosphoric acid groups is 1. The maximum Gasteiger partial charge on any atom is 0.472 e. The lowest BCUT2D eigenvalue weighted by molar-refractivity contribution is -0.161. The fourth-order valence-corrected chi connectivity index (χ4v) is 5.92. The summed E-state index contributed by atoms with van der Waals surface area (Å²) in [7, 11) is -0.773. The van der Waals surface area contributed by atoms with Gasteiger partial charge in [-0.05, 0) is 110 Å². The SMILES string of the molecule is CC/C=C\C/C=C\C/C=C\C/C=C\C/C=C\CCCC(=O)OC(COC(=O)CCCCC/C=C\C/C=C\C/C=C\C/C=C\CCCCC)COP(=O)(O)OCCN(C)C. The van der Waals surface area contributed by atoms with Crippen LogP contribution < -0.4 is 0 Å². The van der Waals surface area contributed by atoms with Crippen molar-refractivity contribution in [2.24, 2.45) is 0 Å². The number of esters is 2. The molecule has 0 aliphatic heterocycles. The van der Waals surface area contributed by atoms with Crippen molar-refractivity contribution in [3.63, 3.8) is 0 Å². The minimum absolute atomic E-state index is 0.0154. The molecule has 0 rings (SSSR count). The zero-order chi connectivity index (χ0) is 43.3. The van der Waals surface area contributed by atoms with Crippen molar-refractivity contribution in [3.8, 4) is 0 Å². The van der Waals surface area contributed by atoms with Gasteiger partial charge < -0.3 is 19.3 Å². The van der Waals surface area contributed by atoms with Gasteiger partial charge in [0, 0.05) is 19.4 Å². The fraction of sp³-hybridized carbons (Fsp3) is 0.592. The maximum absolute atomic E-state index is 12.6. The number of phosphoric ester groups is 1. The zero-order valence-corrected chi connectivity index (χ0v) is 38.0. The normalized spacial score (nSPS) is 14.4. The van der Waals surface area contributed by atoms with Crippen LogP contribution in [0, 0.1) is 0 Å². The molecule has 0 aliphatic carbocycles. The number of carbonyl (C=O) groups is 2. The summed E-state index contributed by atoms with van der Waals surface area (Å²) in [5.41, 5.74) is 0. The van der Waals surface area contributed by atoms with E-state index in [0.717, 1.165) is 70.6 Å². The van der Waals surface area contributed by atoms with Crippen LogP contribution in [0.2, 0.25) is 0 Å². The van der Waals surface area contributed by atoms with Crippen LogP contribution in [0.1, 0.15) is 142 Å². The molecular weight excluding hydrogens is 762 g/mol. The lowest BCUT2D eigenvalue weighted by atomic mass is 10.1. The van der Waals surface area contributed by atoms with E-state index in [0.29, 0.717) is 25.8 Å². The first-order valence-corrected chi connectivity index (χ1v) is 23.7. The second kappa shape index (κ2) is 42.8. The Kier molecular flexibility index (Phi) is 40.4. The summed E-state index contributed by atoms with van der Waals surface area (Å²) in [4.78, 5) is 37.0. The van der Waals surface area contributed by atoms with E-state index in [1.807, 2.05) is 20.2 Å². The number of nitrogens with zero attached hydrogens (tertiary/aromatic N) is 1.